The molecule has 0 saturated heterocycles. The van der Waals surface area contributed by atoms with Crippen molar-refractivity contribution in [1.82, 2.24) is 0 Å². The topological polar surface area (TPSA) is 9.23 Å². The lowest BCUT2D eigenvalue weighted by molar-refractivity contribution is -0.474. The summed E-state index contributed by atoms with van der Waals surface area (Å²) in [7, 11) is 0. The lowest BCUT2D eigenvalue weighted by Gasteiger charge is -2.45. The first-order valence-electron chi connectivity index (χ1n) is 7.82. The Labute approximate surface area is 220 Å². The van der Waals surface area contributed by atoms with Crippen LogP contribution in [0.1, 0.15) is 0 Å². The second-order valence-electron chi connectivity index (χ2n) is 6.73. The fourth-order valence-electron chi connectivity index (χ4n) is 1.83. The monoisotopic (exact) mass is 794 g/mol. The van der Waals surface area contributed by atoms with Crippen LogP contribution in [0.2, 0.25) is 0 Å². The largest absolute Gasteiger partial charge is 0.460 e. The summed E-state index contributed by atoms with van der Waals surface area (Å²) in [5, 5.41) is -12.1. The summed E-state index contributed by atoms with van der Waals surface area (Å²) in [6, 6.07) is 0. The Balaban J connectivity index is 7.11. The molecule has 0 radical (unpaired) electrons. The van der Waals surface area contributed by atoms with Crippen LogP contribution in [-0.2, 0) is 4.74 Å². The Hall–Kier alpha value is -0.340. The first-order chi connectivity index (χ1) is 16.2. The van der Waals surface area contributed by atoms with Crippen molar-refractivity contribution in [3.8, 4) is 0 Å². The molecule has 0 N–H and O–H groups in total. The molecule has 236 valence electrons. The van der Waals surface area contributed by atoms with E-state index in [1.807, 2.05) is 0 Å². The summed E-state index contributed by atoms with van der Waals surface area (Å²) in [5.74, 6) is -71.5. The van der Waals surface area contributed by atoms with E-state index in [1.54, 1.807) is 0 Å². The van der Waals surface area contributed by atoms with E-state index in [1.165, 1.54) is 0 Å². The molecule has 1 nitrogen and oxygen atoms in total. The highest BCUT2D eigenvalue weighted by molar-refractivity contribution is 14.1. The van der Waals surface area contributed by atoms with Crippen LogP contribution in [-0.4, -0.2) is 68.1 Å². The Kier molecular flexibility index (Phi) is 9.50. The SMILES string of the molecule is FC(F)(F)C(F)(F)C(F)(F)C(F)(F)C(F)(F)C(F)(F)C(F)(F)C(F)(F)C(F)(F)C(F)(I)OC(F)(Cl)C(F)(F)Cl. The minimum absolute atomic E-state index is 1.25. The van der Waals surface area contributed by atoms with Gasteiger partial charge in [-0.05, 0) is 23.2 Å². The van der Waals surface area contributed by atoms with Crippen molar-refractivity contribution >= 4 is 45.8 Å². The van der Waals surface area contributed by atoms with Gasteiger partial charge in [0.2, 0.25) is 0 Å². The van der Waals surface area contributed by atoms with Gasteiger partial charge >= 0.3 is 68.1 Å². The van der Waals surface area contributed by atoms with Crippen LogP contribution in [0.15, 0.2) is 0 Å². The van der Waals surface area contributed by atoms with E-state index in [9.17, 15) is 101 Å². The Bertz CT molecular complexity index is 902. The van der Waals surface area contributed by atoms with Gasteiger partial charge in [0.1, 0.15) is 0 Å². The van der Waals surface area contributed by atoms with Crippen molar-refractivity contribution in [2.24, 2.45) is 0 Å². The predicted molar refractivity (Wildman–Crippen MR) is 85.1 cm³/mol. The zero-order valence-corrected chi connectivity index (χ0v) is 19.9. The Morgan fingerprint density at radius 1 is 0.359 bits per heavy atom. The number of alkyl halides is 26. The van der Waals surface area contributed by atoms with Crippen LogP contribution < -0.4 is 0 Å². The highest BCUT2D eigenvalue weighted by Crippen LogP contribution is 2.67. The molecule has 0 aliphatic heterocycles. The van der Waals surface area contributed by atoms with Gasteiger partial charge in [-0.25, -0.2) is 0 Å². The summed E-state index contributed by atoms with van der Waals surface area (Å²) in [5.41, 5.74) is 0. The van der Waals surface area contributed by atoms with E-state index >= 15 is 0 Å². The van der Waals surface area contributed by atoms with E-state index in [2.05, 4.69) is 27.9 Å². The van der Waals surface area contributed by atoms with Crippen molar-refractivity contribution in [2.45, 2.75) is 68.1 Å². The molecule has 0 aliphatic carbocycles. The normalized spacial score (nSPS) is 19.5. The summed E-state index contributed by atoms with van der Waals surface area (Å²) >= 11 is 6.43. The van der Waals surface area contributed by atoms with E-state index in [0.29, 0.717) is 0 Å². The van der Waals surface area contributed by atoms with Gasteiger partial charge in [-0.15, -0.1) is 0 Å². The minimum atomic E-state index is -9.31. The third kappa shape index (κ3) is 5.23. The quantitative estimate of drug-likeness (QED) is 0.115. The van der Waals surface area contributed by atoms with Crippen LogP contribution in [0.4, 0.5) is 101 Å². The Morgan fingerprint density at radius 3 is 0.769 bits per heavy atom. The van der Waals surface area contributed by atoms with Crippen molar-refractivity contribution in [3.05, 3.63) is 0 Å². The molecule has 2 atom stereocenters. The Morgan fingerprint density at radius 2 is 0.564 bits per heavy atom. The first-order valence-corrected chi connectivity index (χ1v) is 9.66. The zero-order valence-electron chi connectivity index (χ0n) is 16.2. The molecular weight excluding hydrogens is 795 g/mol. The predicted octanol–water partition coefficient (Wildman–Crippen LogP) is 9.40. The zero-order chi connectivity index (χ0) is 32.7. The molecule has 0 aromatic carbocycles. The average Bonchev–Trinajstić information content (AvgIpc) is 2.63. The number of halogens is 26. The third-order valence-electron chi connectivity index (χ3n) is 4.07. The average molecular weight is 795 g/mol. The highest BCUT2D eigenvalue weighted by atomic mass is 127. The molecule has 0 amide bonds. The fraction of sp³-hybridized carbons (Fsp3) is 1.00. The standard InChI is InChI=1S/C12Cl2F23IO/c13-9(31,32)10(14,33)39-12(37,38)8(29,30)6(25,26)4(21,22)2(17,18)1(15,16)3(19,20)5(23,24)7(27,28)11(34,35)36. The van der Waals surface area contributed by atoms with Gasteiger partial charge in [-0.1, -0.05) is 0 Å². The van der Waals surface area contributed by atoms with Gasteiger partial charge in [-0.3, -0.25) is 4.74 Å². The van der Waals surface area contributed by atoms with Crippen molar-refractivity contribution in [3.63, 3.8) is 0 Å². The molecule has 0 bridgehead atoms. The van der Waals surface area contributed by atoms with Gasteiger partial charge in [0.05, 0.1) is 0 Å². The van der Waals surface area contributed by atoms with E-state index in [-0.39, 0.29) is 0 Å². The number of hydrogen-bond donors (Lipinski definition) is 0. The van der Waals surface area contributed by atoms with Crippen molar-refractivity contribution in [2.75, 3.05) is 0 Å². The molecule has 0 fully saturated rings. The second-order valence-corrected chi connectivity index (χ2v) is 9.07. The van der Waals surface area contributed by atoms with Gasteiger partial charge < -0.3 is 0 Å². The molecule has 0 aromatic rings. The minimum Gasteiger partial charge on any atom is -0.277 e. The van der Waals surface area contributed by atoms with Crippen molar-refractivity contribution in [1.29, 1.82) is 0 Å². The molecule has 0 aliphatic rings. The highest BCUT2D eigenvalue weighted by Gasteiger charge is 2.98. The van der Waals surface area contributed by atoms with Crippen LogP contribution in [0.3, 0.4) is 0 Å². The van der Waals surface area contributed by atoms with Crippen LogP contribution in [0.5, 0.6) is 0 Å². The summed E-state index contributed by atoms with van der Waals surface area (Å²) in [6.45, 7) is 0. The maximum absolute atomic E-state index is 13.9. The van der Waals surface area contributed by atoms with Crippen LogP contribution in [0.25, 0.3) is 0 Å². The van der Waals surface area contributed by atoms with Crippen LogP contribution in [0, 0.1) is 0 Å². The first kappa shape index (κ1) is 38.7. The lowest BCUT2D eigenvalue weighted by atomic mass is 9.87. The van der Waals surface area contributed by atoms with Gasteiger partial charge in [-0.2, -0.15) is 101 Å². The number of hydrogen-bond acceptors (Lipinski definition) is 1. The molecule has 0 saturated carbocycles. The summed E-state index contributed by atoms with van der Waals surface area (Å²) in [4.78, 5) is 0. The fourth-order valence-corrected chi connectivity index (χ4v) is 2.74. The summed E-state index contributed by atoms with van der Waals surface area (Å²) < 4.78 is 298. The van der Waals surface area contributed by atoms with Crippen LogP contribution >= 0.6 is 45.8 Å². The third-order valence-corrected chi connectivity index (χ3v) is 5.62. The van der Waals surface area contributed by atoms with E-state index in [4.69, 9.17) is 0 Å². The molecule has 0 heterocycles. The number of rotatable bonds is 11. The second kappa shape index (κ2) is 9.59. The van der Waals surface area contributed by atoms with Gasteiger partial charge in [0, 0.05) is 22.6 Å². The number of ether oxygens (including phenoxy) is 1. The molecule has 27 heteroatoms. The van der Waals surface area contributed by atoms with Crippen molar-refractivity contribution < 1.29 is 106 Å². The molecule has 0 rings (SSSR count). The smallest absolute Gasteiger partial charge is 0.277 e. The van der Waals surface area contributed by atoms with Gasteiger partial charge in [0.15, 0.2) is 0 Å². The maximum atomic E-state index is 13.9. The molecule has 0 spiro atoms. The summed E-state index contributed by atoms with van der Waals surface area (Å²) in [6.07, 6.45) is -8.08. The molecule has 2 unspecified atom stereocenters. The van der Waals surface area contributed by atoms with E-state index < -0.39 is 90.7 Å². The van der Waals surface area contributed by atoms with E-state index in [0.717, 1.165) is 0 Å². The molecule has 39 heavy (non-hydrogen) atoms. The van der Waals surface area contributed by atoms with Gasteiger partial charge in [0.25, 0.3) is 0 Å². The molecular formula is C12Cl2F23IO. The lowest BCUT2D eigenvalue weighted by Crippen LogP contribution is -2.77. The maximum Gasteiger partial charge on any atom is 0.460 e. The molecule has 0 aromatic heterocycles.